The van der Waals surface area contributed by atoms with Crippen molar-refractivity contribution in [3.8, 4) is 5.75 Å². The van der Waals surface area contributed by atoms with E-state index in [9.17, 15) is 36.4 Å². The number of sulfonamides is 1. The lowest BCUT2D eigenvalue weighted by Gasteiger charge is -2.35. The van der Waals surface area contributed by atoms with Crippen LogP contribution in [-0.4, -0.2) is 67.5 Å². The lowest BCUT2D eigenvalue weighted by molar-refractivity contribution is -0.152. The molecular formula is C26H27F2N3O7S. The molecular weight excluding hydrogens is 536 g/mol. The van der Waals surface area contributed by atoms with Crippen molar-refractivity contribution in [3.63, 3.8) is 0 Å². The quantitative estimate of drug-likeness (QED) is 0.438. The molecule has 0 aromatic heterocycles. The molecule has 1 fully saturated rings. The first-order valence-electron chi connectivity index (χ1n) is 12.2. The van der Waals surface area contributed by atoms with Crippen LogP contribution >= 0.6 is 0 Å². The van der Waals surface area contributed by atoms with Gasteiger partial charge in [0.05, 0.1) is 23.1 Å². The highest BCUT2D eigenvalue weighted by molar-refractivity contribution is 7.89. The number of fused-ring (bicyclic) bond motifs is 1. The fraction of sp³-hybridized carbons (Fsp3) is 0.385. The number of amides is 4. The van der Waals surface area contributed by atoms with E-state index in [1.54, 1.807) is 12.1 Å². The number of methoxy groups -OCH3 is 1. The molecule has 1 atom stereocenters. The predicted molar refractivity (Wildman–Crippen MR) is 134 cm³/mol. The van der Waals surface area contributed by atoms with Gasteiger partial charge < -0.3 is 4.74 Å². The molecule has 0 radical (unpaired) electrons. The molecule has 2 aromatic carbocycles. The van der Waals surface area contributed by atoms with Gasteiger partial charge in [0.2, 0.25) is 21.9 Å². The second-order valence-corrected chi connectivity index (χ2v) is 11.0. The van der Waals surface area contributed by atoms with E-state index in [-0.39, 0.29) is 47.3 Å². The summed E-state index contributed by atoms with van der Waals surface area (Å²) in [5, 5.41) is 5.23. The smallest absolute Gasteiger partial charge is 0.262 e. The largest absolute Gasteiger partial charge is 0.497 e. The fourth-order valence-corrected chi connectivity index (χ4v) is 5.66. The number of carbonyl (C=O) groups is 4. The Kier molecular flexibility index (Phi) is 7.84. The van der Waals surface area contributed by atoms with Gasteiger partial charge >= 0.3 is 0 Å². The second kappa shape index (κ2) is 10.8. The number of halogens is 2. The third kappa shape index (κ3) is 5.83. The molecule has 208 valence electrons. The minimum Gasteiger partial charge on any atom is -0.497 e. The summed E-state index contributed by atoms with van der Waals surface area (Å²) in [4.78, 5) is 52.5. The number of piperidine rings is 1. The van der Waals surface area contributed by atoms with Crippen molar-refractivity contribution in [1.29, 1.82) is 0 Å². The van der Waals surface area contributed by atoms with Crippen LogP contribution in [0.3, 0.4) is 0 Å². The van der Waals surface area contributed by atoms with Crippen molar-refractivity contribution in [2.24, 2.45) is 5.14 Å². The Morgan fingerprint density at radius 1 is 1.03 bits per heavy atom. The molecule has 2 aromatic rings. The minimum atomic E-state index is -4.08. The molecule has 13 heteroatoms. The van der Waals surface area contributed by atoms with Gasteiger partial charge in [-0.15, -0.1) is 0 Å². The zero-order chi connectivity index (χ0) is 28.5. The average molecular weight is 564 g/mol. The van der Waals surface area contributed by atoms with E-state index in [1.807, 2.05) is 0 Å². The Balaban J connectivity index is 1.39. The number of aryl methyl sites for hydroxylation is 1. The second-order valence-electron chi connectivity index (χ2n) is 9.44. The van der Waals surface area contributed by atoms with Crippen LogP contribution in [-0.2, 0) is 26.0 Å². The number of benzene rings is 2. The van der Waals surface area contributed by atoms with Crippen LogP contribution < -0.4 is 9.88 Å². The first kappa shape index (κ1) is 28.3. The van der Waals surface area contributed by atoms with Crippen molar-refractivity contribution < 1.29 is 41.1 Å². The highest BCUT2D eigenvalue weighted by atomic mass is 32.2. The molecule has 1 unspecified atom stereocenters. The molecule has 2 heterocycles. The third-order valence-corrected chi connectivity index (χ3v) is 7.90. The van der Waals surface area contributed by atoms with Crippen LogP contribution in [0.2, 0.25) is 0 Å². The standard InChI is InChI=1S/C26H27F2N3O7S/c1-38-17-8-10-21(39(29,36)37)16(15-17)5-4-12-26(27,28)13-14-30-22(32)11-9-20(25(30)35)31-23(33)18-6-2-3-7-19(18)24(31)34/h2-3,6-8,10,15,20H,4-5,9,11-14H2,1H3,(H2,29,36,37). The lowest BCUT2D eigenvalue weighted by Crippen LogP contribution is -2.56. The first-order chi connectivity index (χ1) is 18.3. The number of rotatable bonds is 10. The first-order valence-corrected chi connectivity index (χ1v) is 13.8. The summed E-state index contributed by atoms with van der Waals surface area (Å²) < 4.78 is 58.3. The molecule has 1 saturated heterocycles. The molecule has 2 N–H and O–H groups in total. The van der Waals surface area contributed by atoms with Crippen LogP contribution in [0.25, 0.3) is 0 Å². The number of nitrogens with two attached hydrogens (primary N) is 1. The van der Waals surface area contributed by atoms with Gasteiger partial charge in [0, 0.05) is 25.8 Å². The van der Waals surface area contributed by atoms with Gasteiger partial charge in [-0.25, -0.2) is 22.3 Å². The van der Waals surface area contributed by atoms with E-state index >= 15 is 0 Å². The van der Waals surface area contributed by atoms with E-state index in [2.05, 4.69) is 0 Å². The number of imide groups is 2. The average Bonchev–Trinajstić information content (AvgIpc) is 3.13. The van der Waals surface area contributed by atoms with E-state index in [4.69, 9.17) is 9.88 Å². The Morgan fingerprint density at radius 3 is 2.26 bits per heavy atom. The lowest BCUT2D eigenvalue weighted by atomic mass is 10.00. The zero-order valence-corrected chi connectivity index (χ0v) is 21.9. The van der Waals surface area contributed by atoms with Gasteiger partial charge in [-0.2, -0.15) is 0 Å². The van der Waals surface area contributed by atoms with E-state index in [0.29, 0.717) is 10.6 Å². The minimum absolute atomic E-state index is 0.0258. The summed E-state index contributed by atoms with van der Waals surface area (Å²) in [6.45, 7) is -0.591. The van der Waals surface area contributed by atoms with E-state index < -0.39 is 65.0 Å². The van der Waals surface area contributed by atoms with Gasteiger partial charge in [0.1, 0.15) is 11.8 Å². The van der Waals surface area contributed by atoms with Gasteiger partial charge in [0.25, 0.3) is 17.7 Å². The van der Waals surface area contributed by atoms with Gasteiger partial charge in [-0.1, -0.05) is 12.1 Å². The van der Waals surface area contributed by atoms with E-state index in [1.165, 1.54) is 37.4 Å². The summed E-state index contributed by atoms with van der Waals surface area (Å²) in [6.07, 6.45) is -1.87. The molecule has 0 aliphatic carbocycles. The maximum atomic E-state index is 14.8. The summed E-state index contributed by atoms with van der Waals surface area (Å²) in [5.41, 5.74) is 0.525. The number of hydrogen-bond donors (Lipinski definition) is 1. The van der Waals surface area contributed by atoms with Crippen molar-refractivity contribution in [2.45, 2.75) is 55.4 Å². The summed E-state index contributed by atoms with van der Waals surface area (Å²) in [6, 6.07) is 8.90. The maximum Gasteiger partial charge on any atom is 0.262 e. The Labute approximate surface area is 223 Å². The number of nitrogens with zero attached hydrogens (tertiary/aromatic N) is 2. The normalized spacial score (nSPS) is 18.1. The van der Waals surface area contributed by atoms with Crippen LogP contribution in [0.5, 0.6) is 5.75 Å². The summed E-state index contributed by atoms with van der Waals surface area (Å²) in [7, 11) is -2.69. The molecule has 10 nitrogen and oxygen atoms in total. The number of likely N-dealkylation sites (tertiary alicyclic amines) is 1. The van der Waals surface area contributed by atoms with Gasteiger partial charge in [-0.05, 0) is 55.2 Å². The fourth-order valence-electron chi connectivity index (χ4n) is 4.88. The highest BCUT2D eigenvalue weighted by Crippen LogP contribution is 2.31. The molecule has 4 amide bonds. The summed E-state index contributed by atoms with van der Waals surface area (Å²) in [5.74, 6) is -5.79. The van der Waals surface area contributed by atoms with Crippen LogP contribution in [0.4, 0.5) is 8.78 Å². The number of primary sulfonamides is 1. The predicted octanol–water partition coefficient (Wildman–Crippen LogP) is 2.50. The maximum absolute atomic E-state index is 14.8. The number of ether oxygens (including phenoxy) is 1. The molecule has 39 heavy (non-hydrogen) atoms. The Hall–Kier alpha value is -3.71. The molecule has 0 spiro atoms. The van der Waals surface area contributed by atoms with Crippen molar-refractivity contribution in [1.82, 2.24) is 9.80 Å². The van der Waals surface area contributed by atoms with Crippen LogP contribution in [0.1, 0.15) is 58.4 Å². The highest BCUT2D eigenvalue weighted by Gasteiger charge is 2.47. The summed E-state index contributed by atoms with van der Waals surface area (Å²) >= 11 is 0. The van der Waals surface area contributed by atoms with Gasteiger partial charge in [0.15, 0.2) is 0 Å². The molecule has 0 bridgehead atoms. The topological polar surface area (TPSA) is 144 Å². The Morgan fingerprint density at radius 2 is 1.67 bits per heavy atom. The van der Waals surface area contributed by atoms with E-state index in [0.717, 1.165) is 4.90 Å². The number of alkyl halides is 2. The van der Waals surface area contributed by atoms with Crippen molar-refractivity contribution in [3.05, 3.63) is 59.2 Å². The third-order valence-electron chi connectivity index (χ3n) is 6.88. The molecule has 2 aliphatic heterocycles. The van der Waals surface area contributed by atoms with Crippen molar-refractivity contribution >= 4 is 33.7 Å². The molecule has 0 saturated carbocycles. The Bertz CT molecular complexity index is 1410. The molecule has 4 rings (SSSR count). The monoisotopic (exact) mass is 563 g/mol. The van der Waals surface area contributed by atoms with Crippen LogP contribution in [0.15, 0.2) is 47.4 Å². The van der Waals surface area contributed by atoms with Crippen LogP contribution in [0, 0.1) is 0 Å². The number of hydrogen-bond acceptors (Lipinski definition) is 7. The number of carbonyl (C=O) groups excluding carboxylic acids is 4. The zero-order valence-electron chi connectivity index (χ0n) is 21.1. The molecule has 2 aliphatic rings. The van der Waals surface area contributed by atoms with Crippen molar-refractivity contribution in [2.75, 3.05) is 13.7 Å². The van der Waals surface area contributed by atoms with Gasteiger partial charge in [-0.3, -0.25) is 29.0 Å². The SMILES string of the molecule is COc1ccc(S(N)(=O)=O)c(CCCC(F)(F)CCN2C(=O)CCC(N3C(=O)c4ccccc4C3=O)C2=O)c1.